The first-order chi connectivity index (χ1) is 5.69. The molecule has 2 heteroatoms. The highest BCUT2D eigenvalue weighted by molar-refractivity contribution is 6.35. The Morgan fingerprint density at radius 2 is 2.25 bits per heavy atom. The minimum Gasteiger partial charge on any atom is -0.298 e. The Bertz CT molecular complexity index is 167. The monoisotopic (exact) mass is 188 g/mol. The predicted molar refractivity (Wildman–Crippen MR) is 51.6 cm³/mol. The lowest BCUT2D eigenvalue weighted by Crippen LogP contribution is -2.35. The van der Waals surface area contributed by atoms with Crippen LogP contribution in [0.1, 0.15) is 51.9 Å². The van der Waals surface area contributed by atoms with Crippen LogP contribution in [0, 0.1) is 0 Å². The highest BCUT2D eigenvalue weighted by Crippen LogP contribution is 2.35. The molecule has 1 aliphatic rings. The largest absolute Gasteiger partial charge is 0.298 e. The van der Waals surface area contributed by atoms with Gasteiger partial charge >= 0.3 is 0 Å². The van der Waals surface area contributed by atoms with Crippen molar-refractivity contribution < 1.29 is 4.79 Å². The minimum absolute atomic E-state index is 0.281. The number of unbranched alkanes of at least 4 members (excludes halogenated alkanes) is 1. The van der Waals surface area contributed by atoms with E-state index < -0.39 is 4.87 Å². The molecule has 1 fully saturated rings. The Balaban J connectivity index is 2.48. The van der Waals surface area contributed by atoms with E-state index in [1.807, 2.05) is 0 Å². The van der Waals surface area contributed by atoms with E-state index in [1.165, 1.54) is 0 Å². The van der Waals surface area contributed by atoms with Gasteiger partial charge in [-0.25, -0.2) is 0 Å². The van der Waals surface area contributed by atoms with Crippen LogP contribution in [0.25, 0.3) is 0 Å². The molecule has 0 aromatic carbocycles. The van der Waals surface area contributed by atoms with Gasteiger partial charge in [0, 0.05) is 6.42 Å². The van der Waals surface area contributed by atoms with Crippen LogP contribution in [0.3, 0.4) is 0 Å². The first-order valence-electron chi connectivity index (χ1n) is 4.91. The van der Waals surface area contributed by atoms with Gasteiger partial charge in [-0.05, 0) is 19.3 Å². The Labute approximate surface area is 79.5 Å². The van der Waals surface area contributed by atoms with Crippen LogP contribution in [-0.2, 0) is 4.79 Å². The molecule has 0 aliphatic heterocycles. The summed E-state index contributed by atoms with van der Waals surface area (Å²) in [6.07, 6.45) is 6.85. The number of hydrogen-bond acceptors (Lipinski definition) is 1. The molecule has 0 radical (unpaired) electrons. The van der Waals surface area contributed by atoms with Gasteiger partial charge in [0.05, 0.1) is 0 Å². The van der Waals surface area contributed by atoms with Gasteiger partial charge in [-0.2, -0.15) is 0 Å². The summed E-state index contributed by atoms with van der Waals surface area (Å²) in [6.45, 7) is 2.13. The second-order valence-electron chi connectivity index (χ2n) is 3.70. The third-order valence-electron chi connectivity index (χ3n) is 2.65. The zero-order valence-electron chi connectivity index (χ0n) is 7.74. The third-order valence-corrected chi connectivity index (χ3v) is 3.24. The molecule has 0 heterocycles. The maximum atomic E-state index is 11.5. The molecule has 0 bridgehead atoms. The van der Waals surface area contributed by atoms with Crippen LogP contribution in [-0.4, -0.2) is 10.7 Å². The maximum Gasteiger partial charge on any atom is 0.153 e. The summed E-state index contributed by atoms with van der Waals surface area (Å²) in [5, 5.41) is 0. The van der Waals surface area contributed by atoms with E-state index in [-0.39, 0.29) is 5.78 Å². The van der Waals surface area contributed by atoms with Crippen LogP contribution in [0.4, 0.5) is 0 Å². The van der Waals surface area contributed by atoms with Gasteiger partial charge in [0.15, 0.2) is 5.78 Å². The molecule has 1 aliphatic carbocycles. The van der Waals surface area contributed by atoms with Gasteiger partial charge in [0.25, 0.3) is 0 Å². The molecular formula is C10H17ClO. The summed E-state index contributed by atoms with van der Waals surface area (Å²) >= 11 is 6.25. The Morgan fingerprint density at radius 3 is 2.83 bits per heavy atom. The molecule has 0 aromatic heterocycles. The standard InChI is InChI=1S/C10H17ClO/c1-2-3-7-10(11)8-5-4-6-9(10)12/h2-8H2,1H3. The summed E-state index contributed by atoms with van der Waals surface area (Å²) in [5.74, 6) is 0.281. The van der Waals surface area contributed by atoms with Crippen molar-refractivity contribution in [2.75, 3.05) is 0 Å². The smallest absolute Gasteiger partial charge is 0.153 e. The van der Waals surface area contributed by atoms with Crippen molar-refractivity contribution in [3.63, 3.8) is 0 Å². The van der Waals surface area contributed by atoms with Crippen molar-refractivity contribution >= 4 is 17.4 Å². The van der Waals surface area contributed by atoms with E-state index in [2.05, 4.69) is 6.92 Å². The Kier molecular flexibility index (Phi) is 3.57. The number of rotatable bonds is 3. The molecule has 0 spiro atoms. The molecule has 70 valence electrons. The highest BCUT2D eigenvalue weighted by Gasteiger charge is 2.36. The van der Waals surface area contributed by atoms with Crippen LogP contribution in [0.2, 0.25) is 0 Å². The quantitative estimate of drug-likeness (QED) is 0.622. The Hall–Kier alpha value is -0.0400. The van der Waals surface area contributed by atoms with Gasteiger partial charge < -0.3 is 0 Å². The third kappa shape index (κ3) is 2.22. The van der Waals surface area contributed by atoms with Crippen molar-refractivity contribution in [3.8, 4) is 0 Å². The predicted octanol–water partition coefficient (Wildman–Crippen LogP) is 3.30. The first kappa shape index (κ1) is 10.0. The van der Waals surface area contributed by atoms with Crippen LogP contribution in [0.5, 0.6) is 0 Å². The number of alkyl halides is 1. The number of halogens is 1. The van der Waals surface area contributed by atoms with Crippen LogP contribution < -0.4 is 0 Å². The molecule has 1 unspecified atom stereocenters. The summed E-state index contributed by atoms with van der Waals surface area (Å²) in [7, 11) is 0. The molecular weight excluding hydrogens is 172 g/mol. The molecule has 1 nitrogen and oxygen atoms in total. The molecule has 0 saturated heterocycles. The Morgan fingerprint density at radius 1 is 1.50 bits per heavy atom. The SMILES string of the molecule is CCCCC1(Cl)CCCCC1=O. The van der Waals surface area contributed by atoms with E-state index in [4.69, 9.17) is 11.6 Å². The van der Waals surface area contributed by atoms with Crippen LogP contribution in [0.15, 0.2) is 0 Å². The average molecular weight is 189 g/mol. The first-order valence-corrected chi connectivity index (χ1v) is 5.29. The zero-order chi connectivity index (χ0) is 9.03. The molecule has 12 heavy (non-hydrogen) atoms. The fourth-order valence-electron chi connectivity index (χ4n) is 1.78. The fraction of sp³-hybridized carbons (Fsp3) is 0.900. The highest BCUT2D eigenvalue weighted by atomic mass is 35.5. The van der Waals surface area contributed by atoms with Gasteiger partial charge in [-0.15, -0.1) is 11.6 Å². The summed E-state index contributed by atoms with van der Waals surface area (Å²) in [6, 6.07) is 0. The molecule has 0 N–H and O–H groups in total. The van der Waals surface area contributed by atoms with Crippen molar-refractivity contribution in [1.29, 1.82) is 0 Å². The molecule has 1 saturated carbocycles. The second-order valence-corrected chi connectivity index (χ2v) is 4.42. The van der Waals surface area contributed by atoms with E-state index in [1.54, 1.807) is 0 Å². The zero-order valence-corrected chi connectivity index (χ0v) is 8.49. The molecule has 0 amide bonds. The second kappa shape index (κ2) is 4.27. The normalized spacial score (nSPS) is 30.7. The van der Waals surface area contributed by atoms with E-state index in [9.17, 15) is 4.79 Å². The fourth-order valence-corrected chi connectivity index (χ4v) is 2.14. The van der Waals surface area contributed by atoms with E-state index >= 15 is 0 Å². The number of ketones is 1. The van der Waals surface area contributed by atoms with E-state index in [0.29, 0.717) is 6.42 Å². The van der Waals surface area contributed by atoms with Gasteiger partial charge in [0.1, 0.15) is 4.87 Å². The van der Waals surface area contributed by atoms with Gasteiger partial charge in [-0.1, -0.05) is 26.2 Å². The van der Waals surface area contributed by atoms with Gasteiger partial charge in [0.2, 0.25) is 0 Å². The van der Waals surface area contributed by atoms with Crippen molar-refractivity contribution in [2.24, 2.45) is 0 Å². The maximum absolute atomic E-state index is 11.5. The summed E-state index contributed by atoms with van der Waals surface area (Å²) in [5.41, 5.74) is 0. The van der Waals surface area contributed by atoms with Crippen molar-refractivity contribution in [2.45, 2.75) is 56.7 Å². The number of carbonyl (C=O) groups is 1. The summed E-state index contributed by atoms with van der Waals surface area (Å²) in [4.78, 5) is 11.0. The van der Waals surface area contributed by atoms with Gasteiger partial charge in [-0.3, -0.25) is 4.79 Å². The number of Topliss-reactive ketones (excluding diaryl/α,β-unsaturated/α-hetero) is 1. The lowest BCUT2D eigenvalue weighted by Gasteiger charge is -2.29. The van der Waals surface area contributed by atoms with Crippen molar-refractivity contribution in [3.05, 3.63) is 0 Å². The van der Waals surface area contributed by atoms with Crippen LogP contribution >= 0.6 is 11.6 Å². The number of carbonyl (C=O) groups excluding carboxylic acids is 1. The summed E-state index contributed by atoms with van der Waals surface area (Å²) < 4.78 is 0. The van der Waals surface area contributed by atoms with E-state index in [0.717, 1.165) is 38.5 Å². The lowest BCUT2D eigenvalue weighted by atomic mass is 9.84. The topological polar surface area (TPSA) is 17.1 Å². The number of hydrogen-bond donors (Lipinski definition) is 0. The molecule has 1 atom stereocenters. The minimum atomic E-state index is -0.478. The van der Waals surface area contributed by atoms with Crippen molar-refractivity contribution in [1.82, 2.24) is 0 Å². The molecule has 1 rings (SSSR count). The molecule has 0 aromatic rings. The lowest BCUT2D eigenvalue weighted by molar-refractivity contribution is -0.123. The average Bonchev–Trinajstić information content (AvgIpc) is 2.07.